The van der Waals surface area contributed by atoms with Crippen LogP contribution in [0.2, 0.25) is 0 Å². The lowest BCUT2D eigenvalue weighted by atomic mass is 9.94. The molecule has 0 bridgehead atoms. The van der Waals surface area contributed by atoms with Gasteiger partial charge in [-0.05, 0) is 32.2 Å². The predicted molar refractivity (Wildman–Crippen MR) is 60.7 cm³/mol. The molecule has 0 radical (unpaired) electrons. The molecule has 1 saturated heterocycles. The number of carbonyl (C=O) groups is 2. The zero-order chi connectivity index (χ0) is 12.6. The number of carboxylic acid groups (broad SMARTS) is 1. The fourth-order valence-corrected chi connectivity index (χ4v) is 1.52. The van der Waals surface area contributed by atoms with E-state index in [1.807, 2.05) is 0 Å². The van der Waals surface area contributed by atoms with Gasteiger partial charge >= 0.3 is 11.4 Å². The SMILES string of the molecule is CC1CCNC(C(=O)O)C1.CCOC(=O)Cl. The maximum Gasteiger partial charge on any atom is 0.403 e. The van der Waals surface area contributed by atoms with Gasteiger partial charge in [-0.15, -0.1) is 0 Å². The fraction of sp³-hybridized carbons (Fsp3) is 0.800. The van der Waals surface area contributed by atoms with Crippen LogP contribution in [-0.2, 0) is 9.53 Å². The van der Waals surface area contributed by atoms with Crippen molar-refractivity contribution < 1.29 is 19.4 Å². The third-order valence-electron chi connectivity index (χ3n) is 2.22. The molecule has 2 atom stereocenters. The van der Waals surface area contributed by atoms with Crippen molar-refractivity contribution in [3.05, 3.63) is 0 Å². The second kappa shape index (κ2) is 8.35. The van der Waals surface area contributed by atoms with Gasteiger partial charge in [-0.2, -0.15) is 0 Å². The molecule has 0 spiro atoms. The highest BCUT2D eigenvalue weighted by Crippen LogP contribution is 2.14. The van der Waals surface area contributed by atoms with Crippen molar-refractivity contribution in [3.8, 4) is 0 Å². The van der Waals surface area contributed by atoms with Gasteiger partial charge in [-0.1, -0.05) is 6.92 Å². The number of halogens is 1. The highest BCUT2D eigenvalue weighted by atomic mass is 35.5. The molecule has 16 heavy (non-hydrogen) atoms. The van der Waals surface area contributed by atoms with E-state index in [0.29, 0.717) is 12.5 Å². The minimum atomic E-state index is -0.738. The second-order valence-electron chi connectivity index (χ2n) is 3.65. The van der Waals surface area contributed by atoms with Crippen LogP contribution in [0, 0.1) is 5.92 Å². The van der Waals surface area contributed by atoms with Crippen LogP contribution >= 0.6 is 11.6 Å². The third-order valence-corrected chi connectivity index (χ3v) is 2.33. The van der Waals surface area contributed by atoms with Gasteiger partial charge in [0.05, 0.1) is 6.61 Å². The van der Waals surface area contributed by atoms with E-state index < -0.39 is 11.4 Å². The zero-order valence-electron chi connectivity index (χ0n) is 9.53. The van der Waals surface area contributed by atoms with E-state index in [4.69, 9.17) is 16.7 Å². The lowest BCUT2D eigenvalue weighted by Gasteiger charge is -2.24. The number of nitrogens with one attached hydrogen (secondary N) is 1. The molecule has 1 fully saturated rings. The first-order chi connectivity index (χ1) is 7.47. The van der Waals surface area contributed by atoms with E-state index in [1.165, 1.54) is 0 Å². The summed E-state index contributed by atoms with van der Waals surface area (Å²) in [6, 6.07) is -0.302. The molecule has 0 aromatic heterocycles. The topological polar surface area (TPSA) is 75.6 Å². The predicted octanol–water partition coefficient (Wildman–Crippen LogP) is 1.84. The van der Waals surface area contributed by atoms with Crippen molar-refractivity contribution in [3.63, 3.8) is 0 Å². The van der Waals surface area contributed by atoms with Gasteiger partial charge in [0.15, 0.2) is 0 Å². The van der Waals surface area contributed by atoms with Crippen molar-refractivity contribution in [2.24, 2.45) is 5.92 Å². The Morgan fingerprint density at radius 1 is 1.56 bits per heavy atom. The van der Waals surface area contributed by atoms with Crippen LogP contribution in [-0.4, -0.2) is 35.7 Å². The summed E-state index contributed by atoms with van der Waals surface area (Å²) in [6.07, 6.45) is 1.87. The Bertz CT molecular complexity index is 235. The lowest BCUT2D eigenvalue weighted by molar-refractivity contribution is -0.140. The summed E-state index contributed by atoms with van der Waals surface area (Å²) in [7, 11) is 0. The maximum atomic E-state index is 10.4. The minimum Gasteiger partial charge on any atom is -0.480 e. The van der Waals surface area contributed by atoms with E-state index in [9.17, 15) is 9.59 Å². The van der Waals surface area contributed by atoms with Crippen molar-refractivity contribution >= 4 is 23.0 Å². The van der Waals surface area contributed by atoms with E-state index in [0.717, 1.165) is 19.4 Å². The average Bonchev–Trinajstić information content (AvgIpc) is 2.18. The summed E-state index contributed by atoms with van der Waals surface area (Å²) >= 11 is 4.72. The maximum absolute atomic E-state index is 10.4. The van der Waals surface area contributed by atoms with Gasteiger partial charge in [0.2, 0.25) is 0 Å². The van der Waals surface area contributed by atoms with Crippen molar-refractivity contribution in [1.82, 2.24) is 5.32 Å². The molecule has 5 nitrogen and oxygen atoms in total. The quantitative estimate of drug-likeness (QED) is 0.733. The molecule has 0 saturated carbocycles. The molecule has 2 unspecified atom stereocenters. The van der Waals surface area contributed by atoms with Crippen LogP contribution in [0.25, 0.3) is 0 Å². The molecule has 0 aromatic rings. The van der Waals surface area contributed by atoms with E-state index in [1.54, 1.807) is 6.92 Å². The Balaban J connectivity index is 0.000000325. The highest BCUT2D eigenvalue weighted by Gasteiger charge is 2.23. The van der Waals surface area contributed by atoms with Crippen molar-refractivity contribution in [2.45, 2.75) is 32.7 Å². The Morgan fingerprint density at radius 2 is 2.19 bits per heavy atom. The van der Waals surface area contributed by atoms with Gasteiger partial charge in [0, 0.05) is 11.6 Å². The molecule has 1 rings (SSSR count). The lowest BCUT2D eigenvalue weighted by Crippen LogP contribution is -2.42. The Morgan fingerprint density at radius 3 is 2.44 bits per heavy atom. The number of hydrogen-bond donors (Lipinski definition) is 2. The minimum absolute atomic E-state index is 0.302. The van der Waals surface area contributed by atoms with E-state index in [2.05, 4.69) is 17.0 Å². The molecular formula is C10H18ClNO4. The Labute approximate surface area is 100 Å². The fourth-order valence-electron chi connectivity index (χ4n) is 1.41. The Kier molecular flexibility index (Phi) is 7.93. The summed E-state index contributed by atoms with van der Waals surface area (Å²) in [5.74, 6) is -0.158. The molecule has 1 aliphatic rings. The summed E-state index contributed by atoms with van der Waals surface area (Å²) in [5.41, 5.74) is -0.738. The normalized spacial score (nSPS) is 23.9. The standard InChI is InChI=1S/C7H13NO2.C3H5ClO2/c1-5-2-3-8-6(4-5)7(9)10;1-2-6-3(4)5/h5-6,8H,2-4H2,1H3,(H,9,10);2H2,1H3. The van der Waals surface area contributed by atoms with E-state index >= 15 is 0 Å². The molecule has 2 N–H and O–H groups in total. The molecule has 0 aromatic carbocycles. The zero-order valence-corrected chi connectivity index (χ0v) is 10.3. The Hall–Kier alpha value is -0.810. The number of piperidine rings is 1. The molecule has 0 amide bonds. The highest BCUT2D eigenvalue weighted by molar-refractivity contribution is 6.61. The van der Waals surface area contributed by atoms with Gasteiger partial charge in [0.25, 0.3) is 0 Å². The summed E-state index contributed by atoms with van der Waals surface area (Å²) < 4.78 is 4.17. The van der Waals surface area contributed by atoms with Gasteiger partial charge in [0.1, 0.15) is 6.04 Å². The number of aliphatic carboxylic acids is 1. The van der Waals surface area contributed by atoms with Crippen LogP contribution in [0.5, 0.6) is 0 Å². The smallest absolute Gasteiger partial charge is 0.403 e. The molecule has 0 aliphatic carbocycles. The number of carboxylic acids is 1. The summed E-state index contributed by atoms with van der Waals surface area (Å²) in [5, 5.41) is 11.5. The number of carbonyl (C=O) groups excluding carboxylic acids is 1. The van der Waals surface area contributed by atoms with E-state index in [-0.39, 0.29) is 6.04 Å². The third kappa shape index (κ3) is 7.48. The van der Waals surface area contributed by atoms with Crippen molar-refractivity contribution in [1.29, 1.82) is 0 Å². The number of ether oxygens (including phenoxy) is 1. The van der Waals surface area contributed by atoms with Crippen LogP contribution in [0.15, 0.2) is 0 Å². The van der Waals surface area contributed by atoms with Crippen LogP contribution in [0.3, 0.4) is 0 Å². The molecule has 1 aliphatic heterocycles. The first-order valence-corrected chi connectivity index (χ1v) is 5.63. The summed E-state index contributed by atoms with van der Waals surface area (Å²) in [6.45, 7) is 4.98. The summed E-state index contributed by atoms with van der Waals surface area (Å²) in [4.78, 5) is 20.0. The van der Waals surface area contributed by atoms with Crippen LogP contribution < -0.4 is 5.32 Å². The number of rotatable bonds is 2. The second-order valence-corrected chi connectivity index (χ2v) is 3.95. The van der Waals surface area contributed by atoms with Crippen LogP contribution in [0.1, 0.15) is 26.7 Å². The monoisotopic (exact) mass is 251 g/mol. The first-order valence-electron chi connectivity index (χ1n) is 5.25. The molecule has 94 valence electrons. The largest absolute Gasteiger partial charge is 0.480 e. The van der Waals surface area contributed by atoms with Crippen molar-refractivity contribution in [2.75, 3.05) is 13.2 Å². The van der Waals surface area contributed by atoms with Gasteiger partial charge < -0.3 is 15.2 Å². The molecule has 6 heteroatoms. The molecule has 1 heterocycles. The number of hydrogen-bond acceptors (Lipinski definition) is 4. The average molecular weight is 252 g/mol. The molecular weight excluding hydrogens is 234 g/mol. The van der Waals surface area contributed by atoms with Gasteiger partial charge in [-0.3, -0.25) is 4.79 Å². The first kappa shape index (κ1) is 15.2. The van der Waals surface area contributed by atoms with Gasteiger partial charge in [-0.25, -0.2) is 4.79 Å². The van der Waals surface area contributed by atoms with Crippen LogP contribution in [0.4, 0.5) is 4.79 Å².